The van der Waals surface area contributed by atoms with Crippen molar-refractivity contribution in [3.63, 3.8) is 0 Å². The smallest absolute Gasteiger partial charge is 0.200 e. The van der Waals surface area contributed by atoms with E-state index < -0.39 is 0 Å². The van der Waals surface area contributed by atoms with E-state index in [1.54, 1.807) is 24.3 Å². The third-order valence-electron chi connectivity index (χ3n) is 2.88. The molecule has 2 aromatic carbocycles. The van der Waals surface area contributed by atoms with Crippen LogP contribution >= 0.6 is 27.5 Å². The number of fused-ring (bicyclic) bond motifs is 2. The lowest BCUT2D eigenvalue weighted by Crippen LogP contribution is -2.02. The van der Waals surface area contributed by atoms with Crippen molar-refractivity contribution in [2.75, 3.05) is 0 Å². The molecule has 18 heavy (non-hydrogen) atoms. The van der Waals surface area contributed by atoms with Gasteiger partial charge >= 0.3 is 0 Å². The standard InChI is InChI=1S/C14H8BrClO2/c15-7-8-2-1-3-10-13(17)11-6-9(16)4-5-12(11)18-14(8)10/h1-6H,7H2. The number of hydrogen-bond donors (Lipinski definition) is 0. The first-order valence-corrected chi connectivity index (χ1v) is 6.90. The minimum atomic E-state index is -0.0449. The highest BCUT2D eigenvalue weighted by atomic mass is 79.9. The molecular weight excluding hydrogens is 316 g/mol. The van der Waals surface area contributed by atoms with Gasteiger partial charge in [0.05, 0.1) is 10.8 Å². The quantitative estimate of drug-likeness (QED) is 0.488. The summed E-state index contributed by atoms with van der Waals surface area (Å²) in [5, 5.41) is 2.28. The lowest BCUT2D eigenvalue weighted by atomic mass is 10.1. The Morgan fingerprint density at radius 3 is 2.78 bits per heavy atom. The van der Waals surface area contributed by atoms with E-state index >= 15 is 0 Å². The number of halogens is 2. The first-order valence-electron chi connectivity index (χ1n) is 5.40. The Labute approximate surface area is 116 Å². The SMILES string of the molecule is O=c1c2cc(Cl)ccc2oc2c(CBr)cccc12. The maximum Gasteiger partial charge on any atom is 0.200 e. The van der Waals surface area contributed by atoms with E-state index in [0.717, 1.165) is 5.56 Å². The Balaban J connectivity index is 2.56. The largest absolute Gasteiger partial charge is 0.455 e. The van der Waals surface area contributed by atoms with Gasteiger partial charge in [0.2, 0.25) is 5.43 Å². The zero-order valence-corrected chi connectivity index (χ0v) is 11.6. The second-order valence-electron chi connectivity index (χ2n) is 4.00. The lowest BCUT2D eigenvalue weighted by molar-refractivity contribution is 0.656. The second kappa shape index (κ2) is 4.41. The van der Waals surface area contributed by atoms with Crippen LogP contribution in [0.15, 0.2) is 45.6 Å². The van der Waals surface area contributed by atoms with Crippen LogP contribution in [0.5, 0.6) is 0 Å². The molecule has 4 heteroatoms. The number of para-hydroxylation sites is 1. The van der Waals surface area contributed by atoms with Gasteiger partial charge in [0.15, 0.2) is 0 Å². The summed E-state index contributed by atoms with van der Waals surface area (Å²) in [6.07, 6.45) is 0. The maximum atomic E-state index is 12.4. The zero-order chi connectivity index (χ0) is 12.7. The Kier molecular flexibility index (Phi) is 2.88. The van der Waals surface area contributed by atoms with E-state index in [0.29, 0.717) is 32.3 Å². The average Bonchev–Trinajstić information content (AvgIpc) is 2.39. The third kappa shape index (κ3) is 1.74. The molecule has 0 radical (unpaired) electrons. The minimum Gasteiger partial charge on any atom is -0.455 e. The van der Waals surface area contributed by atoms with Crippen LogP contribution < -0.4 is 5.43 Å². The predicted octanol–water partition coefficient (Wildman–Crippen LogP) is 4.49. The van der Waals surface area contributed by atoms with Crippen LogP contribution in [0, 0.1) is 0 Å². The molecule has 1 heterocycles. The van der Waals surface area contributed by atoms with E-state index in [1.807, 2.05) is 12.1 Å². The molecule has 0 N–H and O–H groups in total. The molecule has 0 saturated carbocycles. The van der Waals surface area contributed by atoms with Crippen LogP contribution in [0.1, 0.15) is 5.56 Å². The van der Waals surface area contributed by atoms with Gasteiger partial charge in [-0.3, -0.25) is 4.79 Å². The Morgan fingerprint density at radius 2 is 2.00 bits per heavy atom. The number of alkyl halides is 1. The summed E-state index contributed by atoms with van der Waals surface area (Å²) >= 11 is 9.31. The van der Waals surface area contributed by atoms with Crippen LogP contribution in [-0.4, -0.2) is 0 Å². The van der Waals surface area contributed by atoms with Gasteiger partial charge in [-0.2, -0.15) is 0 Å². The lowest BCUT2D eigenvalue weighted by Gasteiger charge is -2.04. The molecule has 3 aromatic rings. The van der Waals surface area contributed by atoms with Gasteiger partial charge in [0.25, 0.3) is 0 Å². The molecule has 1 aromatic heterocycles. The van der Waals surface area contributed by atoms with Crippen molar-refractivity contribution in [3.05, 3.63) is 57.2 Å². The van der Waals surface area contributed by atoms with Gasteiger partial charge in [-0.1, -0.05) is 39.7 Å². The molecule has 0 saturated heterocycles. The molecule has 0 spiro atoms. The normalized spacial score (nSPS) is 11.2. The molecule has 0 amide bonds. The first-order chi connectivity index (χ1) is 8.70. The summed E-state index contributed by atoms with van der Waals surface area (Å²) in [5.74, 6) is 0. The average molecular weight is 324 g/mol. The van der Waals surface area contributed by atoms with Gasteiger partial charge in [0, 0.05) is 15.9 Å². The van der Waals surface area contributed by atoms with Gasteiger partial charge < -0.3 is 4.42 Å². The van der Waals surface area contributed by atoms with E-state index in [-0.39, 0.29) is 5.43 Å². The Bertz CT molecular complexity index is 808. The van der Waals surface area contributed by atoms with Gasteiger partial charge in [-0.25, -0.2) is 0 Å². The molecule has 90 valence electrons. The van der Waals surface area contributed by atoms with Crippen molar-refractivity contribution < 1.29 is 4.42 Å². The topological polar surface area (TPSA) is 30.2 Å². The van der Waals surface area contributed by atoms with E-state index in [1.165, 1.54) is 0 Å². The number of rotatable bonds is 1. The summed E-state index contributed by atoms with van der Waals surface area (Å²) in [5.41, 5.74) is 2.11. The van der Waals surface area contributed by atoms with Crippen LogP contribution in [0.25, 0.3) is 21.9 Å². The molecule has 2 nitrogen and oxygen atoms in total. The molecule has 0 atom stereocenters. The van der Waals surface area contributed by atoms with E-state index in [9.17, 15) is 4.79 Å². The minimum absolute atomic E-state index is 0.0449. The van der Waals surface area contributed by atoms with Crippen molar-refractivity contribution in [2.45, 2.75) is 5.33 Å². The first kappa shape index (κ1) is 11.8. The van der Waals surface area contributed by atoms with Crippen molar-refractivity contribution in [2.24, 2.45) is 0 Å². The second-order valence-corrected chi connectivity index (χ2v) is 5.00. The highest BCUT2D eigenvalue weighted by Crippen LogP contribution is 2.24. The zero-order valence-electron chi connectivity index (χ0n) is 9.24. The van der Waals surface area contributed by atoms with Crippen LogP contribution in [0.3, 0.4) is 0 Å². The maximum absolute atomic E-state index is 12.4. The highest BCUT2D eigenvalue weighted by Gasteiger charge is 2.10. The van der Waals surface area contributed by atoms with Crippen LogP contribution in [-0.2, 0) is 5.33 Å². The Hall–Kier alpha value is -1.32. The summed E-state index contributed by atoms with van der Waals surface area (Å²) < 4.78 is 5.82. The highest BCUT2D eigenvalue weighted by molar-refractivity contribution is 9.08. The molecule has 0 aliphatic rings. The molecule has 0 aliphatic carbocycles. The van der Waals surface area contributed by atoms with Gasteiger partial charge in [-0.15, -0.1) is 0 Å². The molecule has 0 fully saturated rings. The monoisotopic (exact) mass is 322 g/mol. The summed E-state index contributed by atoms with van der Waals surface area (Å²) in [6.45, 7) is 0. The summed E-state index contributed by atoms with van der Waals surface area (Å²) in [7, 11) is 0. The molecule has 3 rings (SSSR count). The van der Waals surface area contributed by atoms with Crippen molar-refractivity contribution in [3.8, 4) is 0 Å². The Morgan fingerprint density at radius 1 is 1.17 bits per heavy atom. The van der Waals surface area contributed by atoms with Crippen molar-refractivity contribution in [1.82, 2.24) is 0 Å². The van der Waals surface area contributed by atoms with Crippen LogP contribution in [0.2, 0.25) is 5.02 Å². The number of hydrogen-bond acceptors (Lipinski definition) is 2. The van der Waals surface area contributed by atoms with E-state index in [2.05, 4.69) is 15.9 Å². The van der Waals surface area contributed by atoms with Gasteiger partial charge in [-0.05, 0) is 24.3 Å². The molecular formula is C14H8BrClO2. The summed E-state index contributed by atoms with van der Waals surface area (Å²) in [6, 6.07) is 10.6. The van der Waals surface area contributed by atoms with Crippen molar-refractivity contribution >= 4 is 49.5 Å². The van der Waals surface area contributed by atoms with Crippen molar-refractivity contribution in [1.29, 1.82) is 0 Å². The van der Waals surface area contributed by atoms with E-state index in [4.69, 9.17) is 16.0 Å². The molecule has 0 aliphatic heterocycles. The summed E-state index contributed by atoms with van der Waals surface area (Å²) in [4.78, 5) is 12.4. The predicted molar refractivity (Wildman–Crippen MR) is 77.6 cm³/mol. The molecule has 0 unspecified atom stereocenters. The molecule has 0 bridgehead atoms. The fourth-order valence-corrected chi connectivity index (χ4v) is 2.63. The number of benzene rings is 2. The fourth-order valence-electron chi connectivity index (χ4n) is 2.01. The fraction of sp³-hybridized carbons (Fsp3) is 0.0714. The third-order valence-corrected chi connectivity index (χ3v) is 3.72. The van der Waals surface area contributed by atoms with Gasteiger partial charge in [0.1, 0.15) is 11.2 Å². The van der Waals surface area contributed by atoms with Crippen LogP contribution in [0.4, 0.5) is 0 Å².